The van der Waals surface area contributed by atoms with Gasteiger partial charge in [0.2, 0.25) is 5.91 Å². The van der Waals surface area contributed by atoms with Gasteiger partial charge in [-0.25, -0.2) is 9.97 Å². The highest BCUT2D eigenvalue weighted by Gasteiger charge is 2.36. The molecule has 1 aromatic heterocycles. The number of aromatic nitrogens is 2. The van der Waals surface area contributed by atoms with Gasteiger partial charge in [-0.05, 0) is 13.3 Å². The van der Waals surface area contributed by atoms with Gasteiger partial charge < -0.3 is 10.2 Å². The van der Waals surface area contributed by atoms with E-state index >= 15 is 0 Å². The molecule has 2 rings (SSSR count). The predicted molar refractivity (Wildman–Crippen MR) is 70.8 cm³/mol. The van der Waals surface area contributed by atoms with E-state index < -0.39 is 11.7 Å². The summed E-state index contributed by atoms with van der Waals surface area (Å²) in [4.78, 5) is 21.1. The number of carbonyl (C=O) groups excluding carboxylic acids is 1. The van der Waals surface area contributed by atoms with Gasteiger partial charge in [-0.3, -0.25) is 4.79 Å². The topological polar surface area (TPSA) is 58.1 Å². The molecule has 0 aliphatic carbocycles. The van der Waals surface area contributed by atoms with Crippen molar-refractivity contribution in [1.29, 1.82) is 0 Å². The van der Waals surface area contributed by atoms with Crippen molar-refractivity contribution in [1.82, 2.24) is 14.9 Å². The highest BCUT2D eigenvalue weighted by molar-refractivity contribution is 5.77. The third kappa shape index (κ3) is 3.43. The van der Waals surface area contributed by atoms with Crippen LogP contribution in [0.15, 0.2) is 6.20 Å². The van der Waals surface area contributed by atoms with Crippen LogP contribution in [-0.2, 0) is 11.0 Å². The lowest BCUT2D eigenvalue weighted by Crippen LogP contribution is -2.35. The number of piperidine rings is 1. The van der Waals surface area contributed by atoms with Gasteiger partial charge in [0.1, 0.15) is 17.2 Å². The minimum absolute atomic E-state index is 0.0419. The van der Waals surface area contributed by atoms with Crippen LogP contribution in [-0.4, -0.2) is 40.9 Å². The number of hydrogen-bond acceptors (Lipinski definition) is 4. The molecule has 1 N–H and O–H groups in total. The summed E-state index contributed by atoms with van der Waals surface area (Å²) in [7, 11) is 1.70. The quantitative estimate of drug-likeness (QED) is 0.930. The van der Waals surface area contributed by atoms with E-state index in [0.29, 0.717) is 25.3 Å². The monoisotopic (exact) mass is 302 g/mol. The molecule has 2 heterocycles. The summed E-state index contributed by atoms with van der Waals surface area (Å²) in [6, 6.07) is 0. The van der Waals surface area contributed by atoms with Gasteiger partial charge >= 0.3 is 6.18 Å². The van der Waals surface area contributed by atoms with E-state index in [9.17, 15) is 18.0 Å². The highest BCUT2D eigenvalue weighted by atomic mass is 19.4. The zero-order valence-electron chi connectivity index (χ0n) is 11.9. The zero-order valence-corrected chi connectivity index (χ0v) is 11.9. The number of nitrogens with zero attached hydrogens (tertiary/aromatic N) is 3. The van der Waals surface area contributed by atoms with E-state index in [2.05, 4.69) is 15.3 Å². The lowest BCUT2D eigenvalue weighted by molar-refractivity contribution is -0.137. The molecule has 8 heteroatoms. The fourth-order valence-corrected chi connectivity index (χ4v) is 2.27. The Morgan fingerprint density at radius 3 is 2.76 bits per heavy atom. The summed E-state index contributed by atoms with van der Waals surface area (Å²) in [5.41, 5.74) is -0.882. The van der Waals surface area contributed by atoms with Crippen LogP contribution in [0.1, 0.15) is 37.1 Å². The molecule has 1 saturated heterocycles. The molecule has 5 nitrogen and oxygen atoms in total. The third-order valence-corrected chi connectivity index (χ3v) is 3.48. The fraction of sp³-hybridized carbons (Fsp3) is 0.615. The Morgan fingerprint density at radius 2 is 2.19 bits per heavy atom. The highest BCUT2D eigenvalue weighted by Crippen LogP contribution is 2.35. The molecular weight excluding hydrogens is 285 g/mol. The van der Waals surface area contributed by atoms with Crippen molar-refractivity contribution < 1.29 is 18.0 Å². The first kappa shape index (κ1) is 15.5. The van der Waals surface area contributed by atoms with E-state index in [-0.39, 0.29) is 24.1 Å². The van der Waals surface area contributed by atoms with E-state index in [1.165, 1.54) is 0 Å². The van der Waals surface area contributed by atoms with Crippen molar-refractivity contribution in [3.8, 4) is 0 Å². The van der Waals surface area contributed by atoms with Gasteiger partial charge in [0.05, 0.1) is 0 Å². The molecule has 1 unspecified atom stereocenters. The molecule has 1 aromatic rings. The maximum atomic E-state index is 12.9. The number of carbonyl (C=O) groups is 1. The Morgan fingerprint density at radius 1 is 1.48 bits per heavy atom. The van der Waals surface area contributed by atoms with E-state index in [0.717, 1.165) is 6.20 Å². The minimum atomic E-state index is -4.50. The molecule has 0 aromatic carbocycles. The first-order valence-electron chi connectivity index (χ1n) is 6.75. The number of hydrogen-bond donors (Lipinski definition) is 1. The summed E-state index contributed by atoms with van der Waals surface area (Å²) in [5.74, 6) is -0.199. The molecule has 0 bridgehead atoms. The molecule has 21 heavy (non-hydrogen) atoms. The molecular formula is C13H17F3N4O. The number of rotatable bonds is 3. The minimum Gasteiger partial charge on any atom is -0.370 e. The maximum Gasteiger partial charge on any atom is 0.421 e. The first-order valence-corrected chi connectivity index (χ1v) is 6.75. The summed E-state index contributed by atoms with van der Waals surface area (Å²) in [6.07, 6.45) is -2.83. The Labute approximate surface area is 120 Å². The zero-order chi connectivity index (χ0) is 15.6. The number of anilines is 1. The Kier molecular flexibility index (Phi) is 4.34. The van der Waals surface area contributed by atoms with Gasteiger partial charge in [-0.1, -0.05) is 0 Å². The van der Waals surface area contributed by atoms with Crippen LogP contribution in [0.4, 0.5) is 19.0 Å². The molecule has 0 spiro atoms. The van der Waals surface area contributed by atoms with Gasteiger partial charge in [-0.15, -0.1) is 0 Å². The smallest absolute Gasteiger partial charge is 0.370 e. The second-order valence-corrected chi connectivity index (χ2v) is 5.02. The molecule has 1 fully saturated rings. The van der Waals surface area contributed by atoms with Crippen LogP contribution in [0.2, 0.25) is 0 Å². The van der Waals surface area contributed by atoms with Crippen molar-refractivity contribution >= 4 is 11.7 Å². The van der Waals surface area contributed by atoms with Crippen LogP contribution >= 0.6 is 0 Å². The van der Waals surface area contributed by atoms with Crippen molar-refractivity contribution in [2.75, 3.05) is 25.5 Å². The van der Waals surface area contributed by atoms with Crippen molar-refractivity contribution in [3.63, 3.8) is 0 Å². The molecule has 1 amide bonds. The molecule has 1 aliphatic heterocycles. The summed E-state index contributed by atoms with van der Waals surface area (Å²) >= 11 is 0. The summed E-state index contributed by atoms with van der Waals surface area (Å²) in [6.45, 7) is 2.58. The average Bonchev–Trinajstić information content (AvgIpc) is 2.41. The van der Waals surface area contributed by atoms with Crippen LogP contribution in [0.3, 0.4) is 0 Å². The lowest BCUT2D eigenvalue weighted by Gasteiger charge is -2.28. The Hall–Kier alpha value is -1.86. The van der Waals surface area contributed by atoms with Crippen LogP contribution in [0, 0.1) is 0 Å². The number of likely N-dealkylation sites (tertiary alicyclic amines) is 1. The second-order valence-electron chi connectivity index (χ2n) is 5.02. The van der Waals surface area contributed by atoms with Crippen LogP contribution < -0.4 is 5.32 Å². The first-order chi connectivity index (χ1) is 9.82. The largest absolute Gasteiger partial charge is 0.421 e. The molecule has 0 radical (unpaired) electrons. The normalized spacial score (nSPS) is 19.8. The number of halogens is 3. The van der Waals surface area contributed by atoms with Crippen LogP contribution in [0.5, 0.6) is 0 Å². The Balaban J connectivity index is 2.30. The second kappa shape index (κ2) is 5.87. The van der Waals surface area contributed by atoms with Gasteiger partial charge in [-0.2, -0.15) is 13.2 Å². The molecule has 1 atom stereocenters. The van der Waals surface area contributed by atoms with Crippen molar-refractivity contribution in [3.05, 3.63) is 17.6 Å². The number of alkyl halides is 3. The van der Waals surface area contributed by atoms with Gasteiger partial charge in [0, 0.05) is 38.7 Å². The standard InChI is InChI=1S/C13H17F3N4O/c1-3-17-12-9(13(14,15)16)7-18-11(19-12)8-4-5-20(2)10(21)6-8/h7-8H,3-6H2,1-2H3,(H,17,18,19). The molecule has 116 valence electrons. The van der Waals surface area contributed by atoms with Gasteiger partial charge in [0.15, 0.2) is 0 Å². The molecule has 1 aliphatic rings. The Bertz CT molecular complexity index is 533. The average molecular weight is 302 g/mol. The SMILES string of the molecule is CCNc1nc(C2CCN(C)C(=O)C2)ncc1C(F)(F)F. The molecule has 0 saturated carbocycles. The third-order valence-electron chi connectivity index (χ3n) is 3.48. The summed E-state index contributed by atoms with van der Waals surface area (Å²) in [5, 5.41) is 2.62. The maximum absolute atomic E-state index is 12.9. The van der Waals surface area contributed by atoms with E-state index in [4.69, 9.17) is 0 Å². The number of nitrogens with one attached hydrogen (secondary N) is 1. The predicted octanol–water partition coefficient (Wildman–Crippen LogP) is 2.26. The van der Waals surface area contributed by atoms with Gasteiger partial charge in [0.25, 0.3) is 0 Å². The summed E-state index contributed by atoms with van der Waals surface area (Å²) < 4.78 is 38.6. The van der Waals surface area contributed by atoms with Crippen LogP contribution in [0.25, 0.3) is 0 Å². The number of amides is 1. The van der Waals surface area contributed by atoms with E-state index in [1.807, 2.05) is 0 Å². The van der Waals surface area contributed by atoms with Crippen molar-refractivity contribution in [2.45, 2.75) is 31.9 Å². The van der Waals surface area contributed by atoms with Crippen molar-refractivity contribution in [2.24, 2.45) is 0 Å². The van der Waals surface area contributed by atoms with E-state index in [1.54, 1.807) is 18.9 Å². The lowest BCUT2D eigenvalue weighted by atomic mass is 9.95. The fourth-order valence-electron chi connectivity index (χ4n) is 2.27.